The summed E-state index contributed by atoms with van der Waals surface area (Å²) in [6.45, 7) is 3.46. The third-order valence-corrected chi connectivity index (χ3v) is 8.19. The molecule has 0 spiro atoms. The molecule has 0 bridgehead atoms. The van der Waals surface area contributed by atoms with Crippen molar-refractivity contribution in [3.8, 4) is 5.75 Å². The number of ether oxygens (including phenoxy) is 1. The third-order valence-electron chi connectivity index (χ3n) is 7.37. The topological polar surface area (TPSA) is 75.9 Å². The highest BCUT2D eigenvalue weighted by molar-refractivity contribution is 7.09. The van der Waals surface area contributed by atoms with Crippen LogP contribution in [0.5, 0.6) is 5.75 Å². The van der Waals surface area contributed by atoms with Crippen LogP contribution in [0, 0.1) is 12.8 Å². The van der Waals surface area contributed by atoms with Crippen molar-refractivity contribution in [2.75, 3.05) is 13.6 Å². The molecule has 8 heteroatoms. The van der Waals surface area contributed by atoms with Crippen molar-refractivity contribution in [2.24, 2.45) is 5.92 Å². The SMILES string of the molecule is Cc1cccc(C2c3cc(OCc4nc(C(=O)N(C)Cc5ccco5)cs4)ccc3CCN2C(=O)C2CC2)c1. The number of hydrogen-bond acceptors (Lipinski definition) is 6. The molecule has 2 amide bonds. The van der Waals surface area contributed by atoms with Crippen LogP contribution in [-0.2, 0) is 24.4 Å². The minimum absolute atomic E-state index is 0.126. The van der Waals surface area contributed by atoms with Gasteiger partial charge >= 0.3 is 0 Å². The van der Waals surface area contributed by atoms with Crippen LogP contribution < -0.4 is 4.74 Å². The number of carbonyl (C=O) groups is 2. The summed E-state index contributed by atoms with van der Waals surface area (Å²) in [7, 11) is 1.73. The van der Waals surface area contributed by atoms with Crippen LogP contribution in [0.4, 0.5) is 0 Å². The van der Waals surface area contributed by atoms with E-state index in [2.05, 4.69) is 53.2 Å². The number of carbonyl (C=O) groups excluding carboxylic acids is 2. The molecule has 2 aliphatic rings. The van der Waals surface area contributed by atoms with Gasteiger partial charge < -0.3 is 19.0 Å². The predicted octanol–water partition coefficient (Wildman–Crippen LogP) is 5.78. The Labute approximate surface area is 232 Å². The van der Waals surface area contributed by atoms with E-state index in [4.69, 9.17) is 9.15 Å². The minimum atomic E-state index is -0.163. The van der Waals surface area contributed by atoms with E-state index in [0.717, 1.165) is 53.5 Å². The van der Waals surface area contributed by atoms with E-state index < -0.39 is 0 Å². The minimum Gasteiger partial charge on any atom is -0.486 e. The lowest BCUT2D eigenvalue weighted by Gasteiger charge is -2.38. The molecule has 1 aliphatic heterocycles. The van der Waals surface area contributed by atoms with Gasteiger partial charge in [0.2, 0.25) is 5.91 Å². The second-order valence-corrected chi connectivity index (χ2v) is 11.3. The van der Waals surface area contributed by atoms with Crippen LogP contribution >= 0.6 is 11.3 Å². The Bertz CT molecular complexity index is 1490. The second kappa shape index (κ2) is 10.7. The predicted molar refractivity (Wildman–Crippen MR) is 149 cm³/mol. The molecule has 3 heterocycles. The second-order valence-electron chi connectivity index (χ2n) is 10.4. The molecule has 200 valence electrons. The number of thiazole rings is 1. The highest BCUT2D eigenvalue weighted by Crippen LogP contribution is 2.41. The van der Waals surface area contributed by atoms with Crippen molar-refractivity contribution in [1.82, 2.24) is 14.8 Å². The van der Waals surface area contributed by atoms with Gasteiger partial charge in [0, 0.05) is 24.9 Å². The van der Waals surface area contributed by atoms with Crippen molar-refractivity contribution >= 4 is 23.2 Å². The molecule has 0 saturated heterocycles. The third kappa shape index (κ3) is 5.47. The largest absolute Gasteiger partial charge is 0.486 e. The first-order chi connectivity index (χ1) is 19.0. The van der Waals surface area contributed by atoms with Gasteiger partial charge in [-0.05, 0) is 67.1 Å². The van der Waals surface area contributed by atoms with Gasteiger partial charge in [-0.3, -0.25) is 9.59 Å². The number of hydrogen-bond donors (Lipinski definition) is 0. The van der Waals surface area contributed by atoms with Gasteiger partial charge in [0.05, 0.1) is 18.8 Å². The maximum absolute atomic E-state index is 13.3. The average Bonchev–Trinajstić information content (AvgIpc) is 3.46. The molecule has 0 radical (unpaired) electrons. The first-order valence-electron chi connectivity index (χ1n) is 13.3. The first kappa shape index (κ1) is 25.4. The smallest absolute Gasteiger partial charge is 0.273 e. The number of fused-ring (bicyclic) bond motifs is 1. The number of rotatable bonds is 8. The van der Waals surface area contributed by atoms with E-state index in [0.29, 0.717) is 12.2 Å². The fourth-order valence-electron chi connectivity index (χ4n) is 5.21. The lowest BCUT2D eigenvalue weighted by atomic mass is 9.87. The molecular formula is C31H31N3O4S. The Morgan fingerprint density at radius 2 is 2.03 bits per heavy atom. The Hall–Kier alpha value is -3.91. The summed E-state index contributed by atoms with van der Waals surface area (Å²) in [5.74, 6) is 1.71. The van der Waals surface area contributed by atoms with E-state index in [1.54, 1.807) is 29.7 Å². The molecular weight excluding hydrogens is 510 g/mol. The molecule has 4 aromatic rings. The Morgan fingerprint density at radius 3 is 2.79 bits per heavy atom. The van der Waals surface area contributed by atoms with Crippen molar-refractivity contribution < 1.29 is 18.7 Å². The first-order valence-corrected chi connectivity index (χ1v) is 14.2. The molecule has 1 atom stereocenters. The monoisotopic (exact) mass is 541 g/mol. The summed E-state index contributed by atoms with van der Waals surface area (Å²) in [4.78, 5) is 34.3. The van der Waals surface area contributed by atoms with Crippen molar-refractivity contribution in [3.05, 3.63) is 105 Å². The average molecular weight is 542 g/mol. The van der Waals surface area contributed by atoms with Gasteiger partial charge in [-0.25, -0.2) is 4.98 Å². The number of nitrogens with zero attached hydrogens (tertiary/aromatic N) is 3. The van der Waals surface area contributed by atoms with Crippen molar-refractivity contribution in [3.63, 3.8) is 0 Å². The molecule has 1 unspecified atom stereocenters. The highest BCUT2D eigenvalue weighted by Gasteiger charge is 2.39. The lowest BCUT2D eigenvalue weighted by Crippen LogP contribution is -2.41. The summed E-state index contributed by atoms with van der Waals surface area (Å²) < 4.78 is 11.5. The zero-order valence-electron chi connectivity index (χ0n) is 22.1. The van der Waals surface area contributed by atoms with Gasteiger partial charge in [0.1, 0.15) is 28.8 Å². The number of benzene rings is 2. The standard InChI is InChI=1S/C31H31N3O4S/c1-20-5-3-6-23(15-20)29-26-16-24(11-10-21(26)12-13-34(29)30(35)22-8-9-22)38-18-28-32-27(19-39-28)31(36)33(2)17-25-7-4-14-37-25/h3-7,10-11,14-16,19,22,29H,8-9,12-13,17-18H2,1-2H3. The zero-order valence-corrected chi connectivity index (χ0v) is 22.9. The maximum atomic E-state index is 13.3. The number of aromatic nitrogens is 1. The van der Waals surface area contributed by atoms with Crippen LogP contribution in [0.15, 0.2) is 70.7 Å². The van der Waals surface area contributed by atoms with Crippen LogP contribution in [0.2, 0.25) is 0 Å². The molecule has 7 nitrogen and oxygen atoms in total. The number of furan rings is 1. The fourth-order valence-corrected chi connectivity index (χ4v) is 5.89. The van der Waals surface area contributed by atoms with Gasteiger partial charge in [0.15, 0.2) is 0 Å². The maximum Gasteiger partial charge on any atom is 0.273 e. The van der Waals surface area contributed by atoms with Crippen LogP contribution in [0.3, 0.4) is 0 Å². The summed E-state index contributed by atoms with van der Waals surface area (Å²) in [6, 6.07) is 18.1. The van der Waals surface area contributed by atoms with E-state index >= 15 is 0 Å². The van der Waals surface area contributed by atoms with Gasteiger partial charge in [-0.1, -0.05) is 35.9 Å². The van der Waals surface area contributed by atoms with E-state index in [9.17, 15) is 9.59 Å². The van der Waals surface area contributed by atoms with E-state index in [1.165, 1.54) is 22.5 Å². The Balaban J connectivity index is 1.19. The van der Waals surface area contributed by atoms with Crippen LogP contribution in [-0.4, -0.2) is 40.2 Å². The normalized spacial score (nSPS) is 16.6. The molecule has 1 aliphatic carbocycles. The number of amides is 2. The molecule has 1 fully saturated rings. The van der Waals surface area contributed by atoms with Crippen molar-refractivity contribution in [2.45, 2.75) is 45.4 Å². The van der Waals surface area contributed by atoms with E-state index in [1.807, 2.05) is 12.1 Å². The molecule has 39 heavy (non-hydrogen) atoms. The summed E-state index contributed by atoms with van der Waals surface area (Å²) >= 11 is 1.40. The fraction of sp³-hybridized carbons (Fsp3) is 0.323. The quantitative estimate of drug-likeness (QED) is 0.283. The molecule has 2 aromatic carbocycles. The van der Waals surface area contributed by atoms with Crippen LogP contribution in [0.25, 0.3) is 0 Å². The van der Waals surface area contributed by atoms with Gasteiger partial charge in [-0.2, -0.15) is 0 Å². The Morgan fingerprint density at radius 1 is 1.15 bits per heavy atom. The molecule has 0 N–H and O–H groups in total. The molecule has 6 rings (SSSR count). The van der Waals surface area contributed by atoms with Gasteiger partial charge in [0.25, 0.3) is 5.91 Å². The van der Waals surface area contributed by atoms with E-state index in [-0.39, 0.29) is 30.4 Å². The lowest BCUT2D eigenvalue weighted by molar-refractivity contribution is -0.134. The highest BCUT2D eigenvalue weighted by atomic mass is 32.1. The summed E-state index contributed by atoms with van der Waals surface area (Å²) in [5, 5.41) is 2.49. The summed E-state index contributed by atoms with van der Waals surface area (Å²) in [5.41, 5.74) is 5.06. The van der Waals surface area contributed by atoms with Crippen molar-refractivity contribution in [1.29, 1.82) is 0 Å². The van der Waals surface area contributed by atoms with Gasteiger partial charge in [-0.15, -0.1) is 11.3 Å². The Kier molecular flexibility index (Phi) is 6.95. The molecule has 1 saturated carbocycles. The number of aryl methyl sites for hydroxylation is 1. The van der Waals surface area contributed by atoms with Crippen LogP contribution in [0.1, 0.15) is 62.4 Å². The zero-order chi connectivity index (χ0) is 26.9. The summed E-state index contributed by atoms with van der Waals surface area (Å²) in [6.07, 6.45) is 4.41. The molecule has 2 aromatic heterocycles.